The molecule has 0 radical (unpaired) electrons. The normalized spacial score (nSPS) is 23.0. The van der Waals surface area contributed by atoms with Crippen LogP contribution >= 0.6 is 11.8 Å². The number of aromatic nitrogens is 4. The highest BCUT2D eigenvalue weighted by Gasteiger charge is 2.25. The summed E-state index contributed by atoms with van der Waals surface area (Å²) in [7, 11) is 0. The van der Waals surface area contributed by atoms with Crippen molar-refractivity contribution < 1.29 is 0 Å². The van der Waals surface area contributed by atoms with Crippen LogP contribution < -0.4 is 10.6 Å². The monoisotopic (exact) mass is 290 g/mol. The molecular weight excluding hydrogens is 272 g/mol. The van der Waals surface area contributed by atoms with E-state index in [0.717, 1.165) is 18.9 Å². The fourth-order valence-electron chi connectivity index (χ4n) is 2.56. The van der Waals surface area contributed by atoms with Crippen LogP contribution in [0.25, 0.3) is 5.82 Å². The molecule has 0 amide bonds. The molecule has 2 atom stereocenters. The van der Waals surface area contributed by atoms with Gasteiger partial charge in [-0.3, -0.25) is 0 Å². The highest BCUT2D eigenvalue weighted by molar-refractivity contribution is 8.00. The molecule has 1 saturated heterocycles. The van der Waals surface area contributed by atoms with Gasteiger partial charge < -0.3 is 10.6 Å². The molecule has 0 saturated carbocycles. The molecule has 0 aliphatic carbocycles. The molecule has 1 fully saturated rings. The smallest absolute Gasteiger partial charge is 0.181 e. The highest BCUT2D eigenvalue weighted by Crippen LogP contribution is 2.31. The van der Waals surface area contributed by atoms with Crippen molar-refractivity contribution in [1.29, 1.82) is 0 Å². The van der Waals surface area contributed by atoms with Crippen LogP contribution in [-0.2, 0) is 0 Å². The minimum Gasteiger partial charge on any atom is -0.393 e. The Hall–Kier alpha value is -1.76. The molecule has 106 valence electrons. The number of hydrogen-bond donors (Lipinski definition) is 1. The second kappa shape index (κ2) is 5.32. The Morgan fingerprint density at radius 1 is 1.20 bits per heavy atom. The van der Waals surface area contributed by atoms with E-state index in [0.29, 0.717) is 22.0 Å². The van der Waals surface area contributed by atoms with Crippen LogP contribution in [0.2, 0.25) is 0 Å². The van der Waals surface area contributed by atoms with Gasteiger partial charge in [-0.05, 0) is 6.07 Å². The Morgan fingerprint density at radius 3 is 2.55 bits per heavy atom. The third-order valence-electron chi connectivity index (χ3n) is 3.28. The molecule has 0 spiro atoms. The van der Waals surface area contributed by atoms with Crippen LogP contribution in [0.15, 0.2) is 24.8 Å². The SMILES string of the molecule is C[C@H]1CN(c2ncnc(-n3cccn3)c2N)C[C@H](C)S1. The summed E-state index contributed by atoms with van der Waals surface area (Å²) >= 11 is 2.00. The van der Waals surface area contributed by atoms with Crippen molar-refractivity contribution in [2.24, 2.45) is 0 Å². The quantitative estimate of drug-likeness (QED) is 0.905. The minimum atomic E-state index is 0.571. The number of rotatable bonds is 2. The second-order valence-electron chi connectivity index (χ2n) is 5.05. The Labute approximate surface area is 122 Å². The van der Waals surface area contributed by atoms with Gasteiger partial charge in [0, 0.05) is 36.0 Å². The van der Waals surface area contributed by atoms with Crippen LogP contribution in [0.3, 0.4) is 0 Å². The third-order valence-corrected chi connectivity index (χ3v) is 4.51. The number of thioether (sulfide) groups is 1. The Kier molecular flexibility index (Phi) is 3.52. The Bertz CT molecular complexity index is 575. The van der Waals surface area contributed by atoms with Crippen molar-refractivity contribution in [2.45, 2.75) is 24.3 Å². The minimum absolute atomic E-state index is 0.571. The highest BCUT2D eigenvalue weighted by atomic mass is 32.2. The molecule has 20 heavy (non-hydrogen) atoms. The van der Waals surface area contributed by atoms with Gasteiger partial charge in [-0.1, -0.05) is 13.8 Å². The van der Waals surface area contributed by atoms with E-state index in [1.807, 2.05) is 24.0 Å². The van der Waals surface area contributed by atoms with Crippen molar-refractivity contribution >= 4 is 23.3 Å². The summed E-state index contributed by atoms with van der Waals surface area (Å²) in [6, 6.07) is 1.85. The topological polar surface area (TPSA) is 72.9 Å². The van der Waals surface area contributed by atoms with Gasteiger partial charge in [-0.2, -0.15) is 16.9 Å². The zero-order valence-corrected chi connectivity index (χ0v) is 12.4. The van der Waals surface area contributed by atoms with Crippen LogP contribution in [0.4, 0.5) is 11.5 Å². The summed E-state index contributed by atoms with van der Waals surface area (Å²) in [5.41, 5.74) is 6.85. The molecule has 2 N–H and O–H groups in total. The first-order valence-electron chi connectivity index (χ1n) is 6.66. The van der Waals surface area contributed by atoms with Gasteiger partial charge >= 0.3 is 0 Å². The average Bonchev–Trinajstić information content (AvgIpc) is 2.91. The van der Waals surface area contributed by atoms with Crippen LogP contribution in [0.5, 0.6) is 0 Å². The van der Waals surface area contributed by atoms with Crippen molar-refractivity contribution in [3.63, 3.8) is 0 Å². The maximum absolute atomic E-state index is 6.26. The summed E-state index contributed by atoms with van der Waals surface area (Å²) in [5, 5.41) is 5.33. The van der Waals surface area contributed by atoms with Gasteiger partial charge in [0.15, 0.2) is 11.6 Å². The molecule has 0 bridgehead atoms. The van der Waals surface area contributed by atoms with Gasteiger partial charge in [-0.25, -0.2) is 14.6 Å². The van der Waals surface area contributed by atoms with E-state index in [2.05, 4.69) is 33.8 Å². The van der Waals surface area contributed by atoms with E-state index in [9.17, 15) is 0 Å². The fraction of sp³-hybridized carbons (Fsp3) is 0.462. The number of nitrogen functional groups attached to an aromatic ring is 1. The fourth-order valence-corrected chi connectivity index (χ4v) is 3.88. The lowest BCUT2D eigenvalue weighted by Gasteiger charge is -2.35. The van der Waals surface area contributed by atoms with E-state index >= 15 is 0 Å². The van der Waals surface area contributed by atoms with Crippen LogP contribution in [0.1, 0.15) is 13.8 Å². The standard InChI is InChI=1S/C13H18N6S/c1-9-6-18(7-10(2)20-9)12-11(14)13(16-8-15-12)19-5-3-4-17-19/h3-5,8-10H,6-7,14H2,1-2H3/t9-,10-/m0/s1. The first-order chi connectivity index (χ1) is 9.65. The lowest BCUT2D eigenvalue weighted by molar-refractivity contribution is 0.716. The van der Waals surface area contributed by atoms with Gasteiger partial charge in [0.1, 0.15) is 12.0 Å². The van der Waals surface area contributed by atoms with Crippen molar-refractivity contribution in [2.75, 3.05) is 23.7 Å². The van der Waals surface area contributed by atoms with Gasteiger partial charge in [0.05, 0.1) is 0 Å². The molecule has 3 heterocycles. The number of nitrogens with two attached hydrogens (primary N) is 1. The number of hydrogen-bond acceptors (Lipinski definition) is 6. The number of anilines is 2. The van der Waals surface area contributed by atoms with Crippen molar-refractivity contribution in [3.8, 4) is 5.82 Å². The zero-order chi connectivity index (χ0) is 14.1. The summed E-state index contributed by atoms with van der Waals surface area (Å²) in [6.07, 6.45) is 5.10. The summed E-state index contributed by atoms with van der Waals surface area (Å²) in [4.78, 5) is 10.9. The van der Waals surface area contributed by atoms with E-state index in [4.69, 9.17) is 5.73 Å². The molecule has 3 rings (SSSR count). The number of nitrogens with zero attached hydrogens (tertiary/aromatic N) is 5. The van der Waals surface area contributed by atoms with Crippen molar-refractivity contribution in [1.82, 2.24) is 19.7 Å². The average molecular weight is 290 g/mol. The van der Waals surface area contributed by atoms with E-state index < -0.39 is 0 Å². The molecule has 1 aliphatic heterocycles. The first kappa shape index (κ1) is 13.2. The maximum Gasteiger partial charge on any atom is 0.181 e. The zero-order valence-electron chi connectivity index (χ0n) is 11.6. The van der Waals surface area contributed by atoms with Crippen molar-refractivity contribution in [3.05, 3.63) is 24.8 Å². The van der Waals surface area contributed by atoms with Gasteiger partial charge in [0.25, 0.3) is 0 Å². The van der Waals surface area contributed by atoms with E-state index in [1.54, 1.807) is 17.2 Å². The maximum atomic E-state index is 6.26. The largest absolute Gasteiger partial charge is 0.393 e. The summed E-state index contributed by atoms with van der Waals surface area (Å²) in [6.45, 7) is 6.38. The molecule has 1 aliphatic rings. The lowest BCUT2D eigenvalue weighted by atomic mass is 10.3. The summed E-state index contributed by atoms with van der Waals surface area (Å²) in [5.74, 6) is 1.45. The van der Waals surface area contributed by atoms with Gasteiger partial charge in [0.2, 0.25) is 0 Å². The lowest BCUT2D eigenvalue weighted by Crippen LogP contribution is -2.41. The summed E-state index contributed by atoms with van der Waals surface area (Å²) < 4.78 is 1.67. The molecule has 0 unspecified atom stereocenters. The molecular formula is C13H18N6S. The second-order valence-corrected chi connectivity index (χ2v) is 6.93. The van der Waals surface area contributed by atoms with E-state index in [1.165, 1.54) is 0 Å². The van der Waals surface area contributed by atoms with E-state index in [-0.39, 0.29) is 0 Å². The van der Waals surface area contributed by atoms with Crippen LogP contribution in [-0.4, -0.2) is 43.3 Å². The Balaban J connectivity index is 1.96. The predicted molar refractivity (Wildman–Crippen MR) is 82.3 cm³/mol. The third kappa shape index (κ3) is 2.45. The molecule has 7 heteroatoms. The van der Waals surface area contributed by atoms with Crippen LogP contribution in [0, 0.1) is 0 Å². The molecule has 0 aromatic carbocycles. The Morgan fingerprint density at radius 2 is 1.90 bits per heavy atom. The van der Waals surface area contributed by atoms with Gasteiger partial charge in [-0.15, -0.1) is 0 Å². The molecule has 6 nitrogen and oxygen atoms in total. The predicted octanol–water partition coefficient (Wildman–Crippen LogP) is 1.57. The molecule has 2 aromatic rings. The molecule has 2 aromatic heterocycles. The first-order valence-corrected chi connectivity index (χ1v) is 7.60.